The van der Waals surface area contributed by atoms with Gasteiger partial charge < -0.3 is 25.6 Å². The first-order chi connectivity index (χ1) is 17.3. The van der Waals surface area contributed by atoms with Crippen molar-refractivity contribution in [3.63, 3.8) is 0 Å². The summed E-state index contributed by atoms with van der Waals surface area (Å²) in [5.74, 6) is -0.712. The minimum absolute atomic E-state index is 0.0640. The fraction of sp³-hybridized carbons (Fsp3) is 0.667. The fourth-order valence-electron chi connectivity index (χ4n) is 5.02. The van der Waals surface area contributed by atoms with E-state index in [-0.39, 0.29) is 29.7 Å². The molecule has 0 saturated carbocycles. The molecule has 0 bridgehead atoms. The highest BCUT2D eigenvalue weighted by molar-refractivity contribution is 5.93. The zero-order chi connectivity index (χ0) is 26.2. The van der Waals surface area contributed by atoms with Gasteiger partial charge in [0.2, 0.25) is 17.7 Å². The van der Waals surface area contributed by atoms with Crippen LogP contribution in [0.4, 0.5) is 0 Å². The Balaban J connectivity index is 1.81. The summed E-state index contributed by atoms with van der Waals surface area (Å²) < 4.78 is 5.25. The van der Waals surface area contributed by atoms with Gasteiger partial charge in [-0.2, -0.15) is 0 Å². The van der Waals surface area contributed by atoms with Crippen molar-refractivity contribution in [2.75, 3.05) is 46.9 Å². The quantitative estimate of drug-likeness (QED) is 0.444. The van der Waals surface area contributed by atoms with Gasteiger partial charge >= 0.3 is 0 Å². The average Bonchev–Trinajstić information content (AvgIpc) is 2.89. The van der Waals surface area contributed by atoms with Crippen LogP contribution in [0.1, 0.15) is 50.8 Å². The normalized spacial score (nSPS) is 22.0. The second kappa shape index (κ2) is 13.2. The van der Waals surface area contributed by atoms with Crippen LogP contribution < -0.4 is 16.0 Å². The number of ether oxygens (including phenoxy) is 1. The van der Waals surface area contributed by atoms with E-state index in [2.05, 4.69) is 33.0 Å². The number of carbonyl (C=O) groups is 3. The number of aryl methyl sites for hydroxylation is 1. The van der Waals surface area contributed by atoms with E-state index in [1.54, 1.807) is 26.0 Å². The highest BCUT2D eigenvalue weighted by atomic mass is 16.5. The van der Waals surface area contributed by atoms with Gasteiger partial charge in [0.15, 0.2) is 0 Å². The number of nitrogens with zero attached hydrogens (tertiary/aromatic N) is 2. The van der Waals surface area contributed by atoms with Crippen LogP contribution in [-0.2, 0) is 25.5 Å². The molecule has 1 saturated heterocycles. The number of carbonyl (C=O) groups excluding carboxylic acids is 3. The third-order valence-electron chi connectivity index (χ3n) is 7.40. The molecule has 3 N–H and O–H groups in total. The van der Waals surface area contributed by atoms with Crippen LogP contribution in [0.5, 0.6) is 0 Å². The van der Waals surface area contributed by atoms with Gasteiger partial charge in [-0.05, 0) is 50.3 Å². The smallest absolute Gasteiger partial charge is 0.246 e. The molecular weight excluding hydrogens is 458 g/mol. The molecule has 200 valence electrons. The SMILES string of the molecule is CN[C@@H](C)C(=O)N[C@H](C(=O)N1CCN(CCOC)C[C@H]1C(=O)NC1CCCc2ccccc21)C(C)C. The number of methoxy groups -OCH3 is 1. The number of hydrogen-bond acceptors (Lipinski definition) is 6. The van der Waals surface area contributed by atoms with Crippen molar-refractivity contribution >= 4 is 17.7 Å². The fourth-order valence-corrected chi connectivity index (χ4v) is 5.02. The van der Waals surface area contributed by atoms with Crippen LogP contribution in [0.2, 0.25) is 0 Å². The molecule has 0 radical (unpaired) electrons. The molecule has 0 aromatic heterocycles. The molecule has 9 nitrogen and oxygen atoms in total. The molecule has 1 unspecified atom stereocenters. The van der Waals surface area contributed by atoms with Crippen molar-refractivity contribution in [2.24, 2.45) is 5.92 Å². The molecule has 9 heteroatoms. The molecule has 3 rings (SSSR count). The Kier molecular flexibility index (Phi) is 10.3. The molecule has 1 aromatic rings. The number of nitrogens with one attached hydrogen (secondary N) is 3. The zero-order valence-electron chi connectivity index (χ0n) is 22.4. The first kappa shape index (κ1) is 28.1. The summed E-state index contributed by atoms with van der Waals surface area (Å²) in [4.78, 5) is 43.9. The van der Waals surface area contributed by atoms with Gasteiger partial charge in [0.05, 0.1) is 18.7 Å². The summed E-state index contributed by atoms with van der Waals surface area (Å²) in [7, 11) is 3.37. The Morgan fingerprint density at radius 3 is 2.58 bits per heavy atom. The molecule has 3 amide bonds. The molecule has 36 heavy (non-hydrogen) atoms. The number of fused-ring (bicyclic) bond motifs is 1. The highest BCUT2D eigenvalue weighted by Crippen LogP contribution is 2.30. The number of piperazine rings is 1. The molecule has 1 aromatic carbocycles. The van der Waals surface area contributed by atoms with E-state index in [0.717, 1.165) is 24.8 Å². The third kappa shape index (κ3) is 6.83. The van der Waals surface area contributed by atoms with Gasteiger partial charge in [-0.3, -0.25) is 19.3 Å². The zero-order valence-corrected chi connectivity index (χ0v) is 22.4. The Labute approximate surface area is 215 Å². The van der Waals surface area contributed by atoms with Crippen LogP contribution in [-0.4, -0.2) is 92.6 Å². The lowest BCUT2D eigenvalue weighted by Gasteiger charge is -2.43. The summed E-state index contributed by atoms with van der Waals surface area (Å²) in [6, 6.07) is 6.42. The van der Waals surface area contributed by atoms with E-state index in [0.29, 0.717) is 32.8 Å². The average molecular weight is 502 g/mol. The summed E-state index contributed by atoms with van der Waals surface area (Å²) >= 11 is 0. The third-order valence-corrected chi connectivity index (χ3v) is 7.40. The summed E-state index contributed by atoms with van der Waals surface area (Å²) in [6.45, 7) is 8.33. The maximum atomic E-state index is 13.8. The van der Waals surface area contributed by atoms with Gasteiger partial charge in [-0.25, -0.2) is 0 Å². The predicted octanol–water partition coefficient (Wildman–Crippen LogP) is 1.09. The van der Waals surface area contributed by atoms with Crippen molar-refractivity contribution in [3.8, 4) is 0 Å². The summed E-state index contributed by atoms with van der Waals surface area (Å²) in [5, 5.41) is 9.07. The van der Waals surface area contributed by atoms with E-state index < -0.39 is 18.1 Å². The lowest BCUT2D eigenvalue weighted by atomic mass is 9.87. The van der Waals surface area contributed by atoms with Crippen LogP contribution in [0, 0.1) is 5.92 Å². The van der Waals surface area contributed by atoms with Crippen molar-refractivity contribution < 1.29 is 19.1 Å². The van der Waals surface area contributed by atoms with Crippen molar-refractivity contribution in [1.82, 2.24) is 25.8 Å². The summed E-state index contributed by atoms with van der Waals surface area (Å²) in [5.41, 5.74) is 2.43. The number of amides is 3. The van der Waals surface area contributed by atoms with E-state index in [4.69, 9.17) is 4.74 Å². The second-order valence-electron chi connectivity index (χ2n) is 10.2. The predicted molar refractivity (Wildman–Crippen MR) is 139 cm³/mol. The number of rotatable bonds is 10. The molecule has 4 atom stereocenters. The molecule has 0 spiro atoms. The molecule has 1 heterocycles. The first-order valence-electron chi connectivity index (χ1n) is 13.1. The Morgan fingerprint density at radius 2 is 1.89 bits per heavy atom. The van der Waals surface area contributed by atoms with Gasteiger partial charge in [0.25, 0.3) is 0 Å². The van der Waals surface area contributed by atoms with Gasteiger partial charge in [-0.15, -0.1) is 0 Å². The topological polar surface area (TPSA) is 103 Å². The number of hydrogen-bond donors (Lipinski definition) is 3. The van der Waals surface area contributed by atoms with Crippen LogP contribution in [0.15, 0.2) is 24.3 Å². The van der Waals surface area contributed by atoms with Crippen LogP contribution >= 0.6 is 0 Å². The lowest BCUT2D eigenvalue weighted by molar-refractivity contribution is -0.148. The van der Waals surface area contributed by atoms with Crippen LogP contribution in [0.25, 0.3) is 0 Å². The van der Waals surface area contributed by atoms with E-state index in [1.807, 2.05) is 26.0 Å². The second-order valence-corrected chi connectivity index (χ2v) is 10.2. The highest BCUT2D eigenvalue weighted by Gasteiger charge is 2.40. The largest absolute Gasteiger partial charge is 0.383 e. The van der Waals surface area contributed by atoms with E-state index in [1.165, 1.54) is 5.56 Å². The summed E-state index contributed by atoms with van der Waals surface area (Å²) in [6.07, 6.45) is 2.91. The minimum atomic E-state index is -0.704. The van der Waals surface area contributed by atoms with Gasteiger partial charge in [0, 0.05) is 33.3 Å². The Morgan fingerprint density at radius 1 is 1.14 bits per heavy atom. The molecule has 2 aliphatic rings. The van der Waals surface area contributed by atoms with Crippen LogP contribution in [0.3, 0.4) is 0 Å². The maximum absolute atomic E-state index is 13.8. The van der Waals surface area contributed by atoms with Crippen molar-refractivity contribution in [2.45, 2.75) is 64.2 Å². The Bertz CT molecular complexity index is 908. The molecule has 1 fully saturated rings. The van der Waals surface area contributed by atoms with Crippen molar-refractivity contribution in [3.05, 3.63) is 35.4 Å². The maximum Gasteiger partial charge on any atom is 0.246 e. The molecular formula is C27H43N5O4. The minimum Gasteiger partial charge on any atom is -0.383 e. The van der Waals surface area contributed by atoms with Gasteiger partial charge in [0.1, 0.15) is 12.1 Å². The van der Waals surface area contributed by atoms with E-state index in [9.17, 15) is 14.4 Å². The lowest BCUT2D eigenvalue weighted by Crippen LogP contribution is -2.65. The van der Waals surface area contributed by atoms with Crippen molar-refractivity contribution in [1.29, 1.82) is 0 Å². The number of benzene rings is 1. The first-order valence-corrected chi connectivity index (χ1v) is 13.1. The Hall–Kier alpha value is -2.49. The molecule has 1 aliphatic carbocycles. The standard InChI is InChI=1S/C27H43N5O4/c1-18(2)24(30-25(33)19(3)28-4)27(35)32-14-13-31(15-16-36-5)17-23(32)26(34)29-22-12-8-10-20-9-6-7-11-21(20)22/h6-7,9,11,18-19,22-24,28H,8,10,12-17H2,1-5H3,(H,29,34)(H,30,33)/t19-,22?,23-,24-/m0/s1. The number of likely N-dealkylation sites (N-methyl/N-ethyl adjacent to an activating group) is 1. The van der Waals surface area contributed by atoms with E-state index >= 15 is 0 Å². The monoisotopic (exact) mass is 501 g/mol. The van der Waals surface area contributed by atoms with Gasteiger partial charge in [-0.1, -0.05) is 38.1 Å². The molecule has 1 aliphatic heterocycles.